The number of piperazine rings is 1. The summed E-state index contributed by atoms with van der Waals surface area (Å²) in [4.78, 5) is 24.2. The number of hydrogen-bond acceptors (Lipinski definition) is 7. The van der Waals surface area contributed by atoms with E-state index in [1.54, 1.807) is 0 Å². The van der Waals surface area contributed by atoms with Crippen LogP contribution in [0.5, 0.6) is 0 Å². The molecule has 39 heavy (non-hydrogen) atoms. The molecule has 2 aromatic carbocycles. The van der Waals surface area contributed by atoms with Crippen LogP contribution >= 0.6 is 11.3 Å². The van der Waals surface area contributed by atoms with Crippen molar-refractivity contribution in [3.05, 3.63) is 59.7 Å². The van der Waals surface area contributed by atoms with Crippen LogP contribution in [0.1, 0.15) is 24.0 Å². The fraction of sp³-hybridized carbons (Fsp3) is 0.500. The molecule has 11 heteroatoms. The molecule has 1 spiro atoms. The van der Waals surface area contributed by atoms with Crippen molar-refractivity contribution >= 4 is 32.8 Å². The minimum atomic E-state index is -4.39. The molecular formula is C28H29F3N4O3S. The highest BCUT2D eigenvalue weighted by molar-refractivity contribution is 7.22. The number of thiazole rings is 1. The first-order chi connectivity index (χ1) is 18.7. The Morgan fingerprint density at radius 3 is 2.49 bits per heavy atom. The number of anilines is 1. The maximum atomic E-state index is 13.3. The van der Waals surface area contributed by atoms with Crippen LogP contribution in [-0.4, -0.2) is 78.5 Å². The van der Waals surface area contributed by atoms with E-state index in [1.165, 1.54) is 23.0 Å². The Balaban J connectivity index is 0.952. The summed E-state index contributed by atoms with van der Waals surface area (Å²) in [5.41, 5.74) is 1.46. The lowest BCUT2D eigenvalue weighted by Gasteiger charge is -2.59. The number of fused-ring (bicyclic) bond motifs is 3. The molecule has 7 rings (SSSR count). The second-order valence-electron chi connectivity index (χ2n) is 11.4. The Kier molecular flexibility index (Phi) is 6.02. The summed E-state index contributed by atoms with van der Waals surface area (Å²) in [6.07, 6.45) is -2.92. The number of alkyl halides is 3. The lowest BCUT2D eigenvalue weighted by molar-refractivity contribution is -0.142. The van der Waals surface area contributed by atoms with Crippen LogP contribution in [0.2, 0.25) is 0 Å². The molecular weight excluding hydrogens is 529 g/mol. The molecule has 4 heterocycles. The number of amides is 1. The van der Waals surface area contributed by atoms with Crippen molar-refractivity contribution < 1.29 is 27.4 Å². The van der Waals surface area contributed by atoms with Gasteiger partial charge >= 0.3 is 12.3 Å². The quantitative estimate of drug-likeness (QED) is 0.449. The second-order valence-corrected chi connectivity index (χ2v) is 12.4. The minimum Gasteiger partial charge on any atom is -0.446 e. The number of hydrogen-bond donors (Lipinski definition) is 0. The fourth-order valence-electron chi connectivity index (χ4n) is 6.65. The zero-order chi connectivity index (χ0) is 26.8. The van der Waals surface area contributed by atoms with Gasteiger partial charge in [-0.3, -0.25) is 9.80 Å². The smallest absolute Gasteiger partial charge is 0.416 e. The van der Waals surface area contributed by atoms with Gasteiger partial charge in [-0.15, -0.1) is 0 Å². The van der Waals surface area contributed by atoms with Gasteiger partial charge in [-0.2, -0.15) is 13.2 Å². The van der Waals surface area contributed by atoms with Gasteiger partial charge in [-0.25, -0.2) is 9.78 Å². The van der Waals surface area contributed by atoms with Crippen molar-refractivity contribution in [1.29, 1.82) is 0 Å². The predicted octanol–water partition coefficient (Wildman–Crippen LogP) is 5.01. The van der Waals surface area contributed by atoms with E-state index in [2.05, 4.69) is 39.0 Å². The van der Waals surface area contributed by atoms with Crippen LogP contribution < -0.4 is 4.90 Å². The van der Waals surface area contributed by atoms with Crippen molar-refractivity contribution in [2.24, 2.45) is 5.41 Å². The Bertz CT molecular complexity index is 1360. The van der Waals surface area contributed by atoms with Crippen molar-refractivity contribution in [2.75, 3.05) is 44.3 Å². The van der Waals surface area contributed by atoms with Crippen LogP contribution in [-0.2, 0) is 22.2 Å². The van der Waals surface area contributed by atoms with Gasteiger partial charge in [-0.05, 0) is 36.6 Å². The Morgan fingerprint density at radius 1 is 1.08 bits per heavy atom. The highest BCUT2D eigenvalue weighted by Gasteiger charge is 2.54. The van der Waals surface area contributed by atoms with E-state index in [4.69, 9.17) is 9.47 Å². The summed E-state index contributed by atoms with van der Waals surface area (Å²) in [6.45, 7) is 4.84. The van der Waals surface area contributed by atoms with Crippen molar-refractivity contribution in [1.82, 2.24) is 14.8 Å². The third-order valence-electron chi connectivity index (χ3n) is 8.41. The predicted molar refractivity (Wildman–Crippen MR) is 141 cm³/mol. The van der Waals surface area contributed by atoms with E-state index < -0.39 is 11.7 Å². The average Bonchev–Trinajstić information content (AvgIpc) is 3.29. The molecule has 1 saturated carbocycles. The molecule has 2 atom stereocenters. The lowest BCUT2D eigenvalue weighted by atomic mass is 9.61. The van der Waals surface area contributed by atoms with Crippen LogP contribution in [0.15, 0.2) is 48.5 Å². The van der Waals surface area contributed by atoms with Crippen LogP contribution in [0.4, 0.5) is 23.1 Å². The lowest BCUT2D eigenvalue weighted by Crippen LogP contribution is -2.68. The van der Waals surface area contributed by atoms with Gasteiger partial charge in [0.1, 0.15) is 6.10 Å². The molecule has 3 aliphatic heterocycles. The van der Waals surface area contributed by atoms with Crippen molar-refractivity contribution in [2.45, 2.75) is 43.8 Å². The van der Waals surface area contributed by atoms with Gasteiger partial charge in [0.05, 0.1) is 41.1 Å². The van der Waals surface area contributed by atoms with E-state index in [1.807, 2.05) is 11.0 Å². The number of morpholine rings is 1. The summed E-state index contributed by atoms with van der Waals surface area (Å²) in [5.74, 6) is 0. The first-order valence-corrected chi connectivity index (χ1v) is 14.1. The Hall–Kier alpha value is -2.89. The zero-order valence-electron chi connectivity index (χ0n) is 21.3. The number of carbonyl (C=O) groups excluding carboxylic acids is 1. The van der Waals surface area contributed by atoms with Gasteiger partial charge in [-0.1, -0.05) is 41.7 Å². The van der Waals surface area contributed by atoms with Gasteiger partial charge in [0.25, 0.3) is 0 Å². The molecule has 7 nitrogen and oxygen atoms in total. The minimum absolute atomic E-state index is 0.0526. The van der Waals surface area contributed by atoms with E-state index >= 15 is 0 Å². The summed E-state index contributed by atoms with van der Waals surface area (Å²) >= 11 is 1.25. The molecule has 1 amide bonds. The van der Waals surface area contributed by atoms with Gasteiger partial charge in [0.15, 0.2) is 5.13 Å². The van der Waals surface area contributed by atoms with Crippen LogP contribution in [0.25, 0.3) is 10.2 Å². The number of ether oxygens (including phenoxy) is 2. The molecule has 1 aromatic heterocycles. The molecule has 206 valence electrons. The van der Waals surface area contributed by atoms with Crippen LogP contribution in [0.3, 0.4) is 0 Å². The molecule has 4 fully saturated rings. The molecule has 0 N–H and O–H groups in total. The molecule has 0 radical (unpaired) electrons. The maximum absolute atomic E-state index is 13.3. The first kappa shape index (κ1) is 25.1. The Labute approximate surface area is 228 Å². The monoisotopic (exact) mass is 558 g/mol. The number of rotatable bonds is 4. The van der Waals surface area contributed by atoms with E-state index in [0.29, 0.717) is 41.7 Å². The van der Waals surface area contributed by atoms with E-state index in [9.17, 15) is 18.0 Å². The third kappa shape index (κ3) is 4.74. The standard InChI is InChI=1S/C28H29F3N4O3S/c29-28(30,31)19-6-7-23-24(8-19)39-25(32-23)34-12-20-14-37-15-21(13-34)35(20)26(36)38-22-9-27(10-22)16-33(17-27)11-18-4-2-1-3-5-18/h1-8,20-22H,9-17H2. The SMILES string of the molecule is O=C(OC1CC2(C1)CN(Cc1ccccc1)C2)N1C2COCC1CN(c1nc3ccc(C(F)(F)F)cc3s1)C2. The number of nitrogens with zero attached hydrogens (tertiary/aromatic N) is 4. The summed E-state index contributed by atoms with van der Waals surface area (Å²) in [5, 5.41) is 0.667. The number of halogens is 3. The summed E-state index contributed by atoms with van der Waals surface area (Å²) in [6, 6.07) is 13.7. The second kappa shape index (κ2) is 9.35. The molecule has 3 aromatic rings. The molecule has 2 bridgehead atoms. The number of likely N-dealkylation sites (tertiary alicyclic amines) is 1. The molecule has 2 unspecified atom stereocenters. The van der Waals surface area contributed by atoms with E-state index in [-0.39, 0.29) is 29.7 Å². The molecule has 3 saturated heterocycles. The maximum Gasteiger partial charge on any atom is 0.416 e. The largest absolute Gasteiger partial charge is 0.446 e. The van der Waals surface area contributed by atoms with Crippen molar-refractivity contribution in [3.63, 3.8) is 0 Å². The molecule has 1 aliphatic carbocycles. The normalized spacial score (nSPS) is 25.0. The van der Waals surface area contributed by atoms with Gasteiger partial charge < -0.3 is 14.4 Å². The average molecular weight is 559 g/mol. The first-order valence-electron chi connectivity index (χ1n) is 13.3. The summed E-state index contributed by atoms with van der Waals surface area (Å²) < 4.78 is 51.6. The topological polar surface area (TPSA) is 58.1 Å². The number of aromatic nitrogens is 1. The van der Waals surface area contributed by atoms with Crippen LogP contribution in [0, 0.1) is 5.41 Å². The number of carbonyl (C=O) groups is 1. The molecule has 4 aliphatic rings. The van der Waals surface area contributed by atoms with E-state index in [0.717, 1.165) is 44.6 Å². The van der Waals surface area contributed by atoms with Gasteiger partial charge in [0.2, 0.25) is 0 Å². The highest BCUT2D eigenvalue weighted by atomic mass is 32.1. The van der Waals surface area contributed by atoms with Gasteiger partial charge in [0, 0.05) is 38.1 Å². The van der Waals surface area contributed by atoms with Crippen molar-refractivity contribution in [3.8, 4) is 0 Å². The zero-order valence-corrected chi connectivity index (χ0v) is 22.1. The highest BCUT2D eigenvalue weighted by Crippen LogP contribution is 2.50. The fourth-order valence-corrected chi connectivity index (χ4v) is 7.67. The Morgan fingerprint density at radius 2 is 1.79 bits per heavy atom. The summed E-state index contributed by atoms with van der Waals surface area (Å²) in [7, 11) is 0. The number of benzene rings is 2. The third-order valence-corrected chi connectivity index (χ3v) is 9.49.